The Hall–Kier alpha value is -2.03. The van der Waals surface area contributed by atoms with Gasteiger partial charge in [-0.2, -0.15) is 0 Å². The van der Waals surface area contributed by atoms with Gasteiger partial charge in [-0.05, 0) is 49.2 Å². The molecule has 0 bridgehead atoms. The molecule has 2 nitrogen and oxygen atoms in total. The highest BCUT2D eigenvalue weighted by molar-refractivity contribution is 5.63. The fraction of sp³-hybridized carbons (Fsp3) is 0.200. The van der Waals surface area contributed by atoms with Crippen molar-refractivity contribution in [2.24, 2.45) is 0 Å². The number of anilines is 2. The van der Waals surface area contributed by atoms with Gasteiger partial charge in [0.05, 0.1) is 0 Å². The Morgan fingerprint density at radius 2 is 1.89 bits per heavy atom. The van der Waals surface area contributed by atoms with E-state index >= 15 is 0 Å². The lowest BCUT2D eigenvalue weighted by Gasteiger charge is -2.18. The highest BCUT2D eigenvalue weighted by atomic mass is 19.1. The predicted octanol–water partition coefficient (Wildman–Crippen LogP) is 3.89. The van der Waals surface area contributed by atoms with E-state index in [1.54, 1.807) is 12.1 Å². The van der Waals surface area contributed by atoms with Crippen molar-refractivity contribution in [3.63, 3.8) is 0 Å². The van der Waals surface area contributed by atoms with Crippen LogP contribution in [-0.4, -0.2) is 0 Å². The van der Waals surface area contributed by atoms with Gasteiger partial charge in [-0.15, -0.1) is 0 Å². The van der Waals surface area contributed by atoms with Crippen LogP contribution in [0.4, 0.5) is 15.8 Å². The van der Waals surface area contributed by atoms with Crippen LogP contribution in [0.25, 0.3) is 0 Å². The zero-order chi connectivity index (χ0) is 13.1. The second kappa shape index (κ2) is 5.08. The molecule has 0 saturated carbocycles. The molecule has 3 heteroatoms. The van der Waals surface area contributed by atoms with Gasteiger partial charge >= 0.3 is 0 Å². The molecule has 18 heavy (non-hydrogen) atoms. The van der Waals surface area contributed by atoms with E-state index in [1.165, 1.54) is 6.07 Å². The number of halogens is 1. The minimum atomic E-state index is -0.217. The Labute approximate surface area is 107 Å². The van der Waals surface area contributed by atoms with Crippen LogP contribution < -0.4 is 11.1 Å². The van der Waals surface area contributed by atoms with E-state index in [9.17, 15) is 4.39 Å². The van der Waals surface area contributed by atoms with Gasteiger partial charge in [0.1, 0.15) is 5.82 Å². The molecule has 2 rings (SSSR count). The first kappa shape index (κ1) is 12.4. The Bertz CT molecular complexity index is 552. The minimum absolute atomic E-state index is 0.0289. The number of nitrogen functional groups attached to an aromatic ring is 1. The standard InChI is InChI=1S/C15H17FN2/c1-10-14(17)7-4-8-15(10)18-11(2)12-5-3-6-13(16)9-12/h3-9,11,18H,17H2,1-2H3. The molecule has 2 aromatic carbocycles. The summed E-state index contributed by atoms with van der Waals surface area (Å²) in [5.74, 6) is -0.217. The number of hydrogen-bond acceptors (Lipinski definition) is 2. The minimum Gasteiger partial charge on any atom is -0.398 e. The van der Waals surface area contributed by atoms with E-state index in [2.05, 4.69) is 5.32 Å². The first-order valence-electron chi connectivity index (χ1n) is 5.95. The van der Waals surface area contributed by atoms with Crippen molar-refractivity contribution in [2.45, 2.75) is 19.9 Å². The second-order valence-corrected chi connectivity index (χ2v) is 4.44. The summed E-state index contributed by atoms with van der Waals surface area (Å²) < 4.78 is 13.2. The van der Waals surface area contributed by atoms with Crippen LogP contribution in [0, 0.1) is 12.7 Å². The lowest BCUT2D eigenvalue weighted by molar-refractivity contribution is 0.623. The van der Waals surface area contributed by atoms with Gasteiger partial charge in [0.15, 0.2) is 0 Å². The molecule has 1 atom stereocenters. The topological polar surface area (TPSA) is 38.0 Å². The molecule has 1 unspecified atom stereocenters. The second-order valence-electron chi connectivity index (χ2n) is 4.44. The van der Waals surface area contributed by atoms with E-state index in [0.29, 0.717) is 0 Å². The number of hydrogen-bond donors (Lipinski definition) is 2. The van der Waals surface area contributed by atoms with Crippen LogP contribution in [-0.2, 0) is 0 Å². The van der Waals surface area contributed by atoms with Gasteiger partial charge in [0, 0.05) is 17.4 Å². The van der Waals surface area contributed by atoms with Gasteiger partial charge in [0.25, 0.3) is 0 Å². The van der Waals surface area contributed by atoms with E-state index in [4.69, 9.17) is 5.73 Å². The zero-order valence-electron chi connectivity index (χ0n) is 10.6. The van der Waals surface area contributed by atoms with Crippen molar-refractivity contribution in [1.29, 1.82) is 0 Å². The third-order valence-electron chi connectivity index (χ3n) is 3.10. The van der Waals surface area contributed by atoms with E-state index in [0.717, 1.165) is 22.5 Å². The fourth-order valence-corrected chi connectivity index (χ4v) is 1.90. The smallest absolute Gasteiger partial charge is 0.123 e. The molecule has 0 amide bonds. The van der Waals surface area contributed by atoms with Crippen molar-refractivity contribution in [1.82, 2.24) is 0 Å². The summed E-state index contributed by atoms with van der Waals surface area (Å²) in [4.78, 5) is 0. The number of benzene rings is 2. The first-order chi connectivity index (χ1) is 8.58. The summed E-state index contributed by atoms with van der Waals surface area (Å²) in [5.41, 5.74) is 9.52. The maximum Gasteiger partial charge on any atom is 0.123 e. The molecule has 94 valence electrons. The Kier molecular flexibility index (Phi) is 3.51. The highest BCUT2D eigenvalue weighted by Crippen LogP contribution is 2.25. The molecule has 0 aliphatic rings. The predicted molar refractivity (Wildman–Crippen MR) is 74.0 cm³/mol. The highest BCUT2D eigenvalue weighted by Gasteiger charge is 2.08. The van der Waals surface area contributed by atoms with Crippen LogP contribution in [0.5, 0.6) is 0 Å². The molecule has 0 fully saturated rings. The van der Waals surface area contributed by atoms with E-state index in [1.807, 2.05) is 38.1 Å². The summed E-state index contributed by atoms with van der Waals surface area (Å²) in [6.07, 6.45) is 0. The average molecular weight is 244 g/mol. The largest absolute Gasteiger partial charge is 0.398 e. The van der Waals surface area contributed by atoms with Gasteiger partial charge in [0.2, 0.25) is 0 Å². The molecule has 3 N–H and O–H groups in total. The number of rotatable bonds is 3. The molecule has 2 aromatic rings. The molecule has 0 spiro atoms. The Morgan fingerprint density at radius 3 is 2.61 bits per heavy atom. The molecule has 0 radical (unpaired) electrons. The fourth-order valence-electron chi connectivity index (χ4n) is 1.90. The molecule has 0 aliphatic carbocycles. The monoisotopic (exact) mass is 244 g/mol. The lowest BCUT2D eigenvalue weighted by atomic mass is 10.1. The summed E-state index contributed by atoms with van der Waals surface area (Å²) in [5, 5.41) is 3.35. The molecule has 0 aromatic heterocycles. The maximum absolute atomic E-state index is 13.2. The van der Waals surface area contributed by atoms with Crippen molar-refractivity contribution in [3.8, 4) is 0 Å². The summed E-state index contributed by atoms with van der Waals surface area (Å²) in [6, 6.07) is 12.4. The van der Waals surface area contributed by atoms with Crippen molar-refractivity contribution < 1.29 is 4.39 Å². The Morgan fingerprint density at radius 1 is 1.17 bits per heavy atom. The van der Waals surface area contributed by atoms with Gasteiger partial charge in [-0.25, -0.2) is 4.39 Å². The van der Waals surface area contributed by atoms with Crippen LogP contribution in [0.15, 0.2) is 42.5 Å². The summed E-state index contributed by atoms with van der Waals surface area (Å²) in [6.45, 7) is 3.97. The van der Waals surface area contributed by atoms with E-state index in [-0.39, 0.29) is 11.9 Å². The van der Waals surface area contributed by atoms with Crippen LogP contribution >= 0.6 is 0 Å². The number of nitrogens with two attached hydrogens (primary N) is 1. The summed E-state index contributed by atoms with van der Waals surface area (Å²) in [7, 11) is 0. The normalized spacial score (nSPS) is 12.2. The average Bonchev–Trinajstić information content (AvgIpc) is 2.35. The van der Waals surface area contributed by atoms with Crippen LogP contribution in [0.2, 0.25) is 0 Å². The first-order valence-corrected chi connectivity index (χ1v) is 5.95. The van der Waals surface area contributed by atoms with Crippen molar-refractivity contribution >= 4 is 11.4 Å². The number of nitrogens with one attached hydrogen (secondary N) is 1. The molecule has 0 heterocycles. The SMILES string of the molecule is Cc1c(N)cccc1NC(C)c1cccc(F)c1. The Balaban J connectivity index is 2.21. The van der Waals surface area contributed by atoms with Crippen molar-refractivity contribution in [3.05, 3.63) is 59.4 Å². The van der Waals surface area contributed by atoms with E-state index < -0.39 is 0 Å². The molecule has 0 aliphatic heterocycles. The van der Waals surface area contributed by atoms with Crippen LogP contribution in [0.3, 0.4) is 0 Å². The zero-order valence-corrected chi connectivity index (χ0v) is 10.6. The summed E-state index contributed by atoms with van der Waals surface area (Å²) >= 11 is 0. The third-order valence-corrected chi connectivity index (χ3v) is 3.10. The molecule has 0 saturated heterocycles. The van der Waals surface area contributed by atoms with Gasteiger partial charge in [-0.1, -0.05) is 18.2 Å². The van der Waals surface area contributed by atoms with Crippen LogP contribution in [0.1, 0.15) is 24.1 Å². The molecular weight excluding hydrogens is 227 g/mol. The molecular formula is C15H17FN2. The van der Waals surface area contributed by atoms with Crippen molar-refractivity contribution in [2.75, 3.05) is 11.1 Å². The van der Waals surface area contributed by atoms with Gasteiger partial charge < -0.3 is 11.1 Å². The quantitative estimate of drug-likeness (QED) is 0.804. The third kappa shape index (κ3) is 2.62. The maximum atomic E-state index is 13.2. The lowest BCUT2D eigenvalue weighted by Crippen LogP contribution is -2.08. The van der Waals surface area contributed by atoms with Gasteiger partial charge in [-0.3, -0.25) is 0 Å².